The number of hydrogen-bond acceptors (Lipinski definition) is 3. The van der Waals surface area contributed by atoms with Crippen LogP contribution in [0.15, 0.2) is 18.2 Å². The molecule has 1 saturated heterocycles. The van der Waals surface area contributed by atoms with Crippen molar-refractivity contribution in [3.63, 3.8) is 0 Å². The zero-order chi connectivity index (χ0) is 14.5. The van der Waals surface area contributed by atoms with Gasteiger partial charge in [-0.3, -0.25) is 0 Å². The number of rotatable bonds is 5. The summed E-state index contributed by atoms with van der Waals surface area (Å²) in [4.78, 5) is 2.41. The molecule has 0 bridgehead atoms. The maximum Gasteiger partial charge on any atom is 0.0485 e. The average molecular weight is 276 g/mol. The smallest absolute Gasteiger partial charge is 0.0485 e. The van der Waals surface area contributed by atoms with Gasteiger partial charge < -0.3 is 15.0 Å². The Balaban J connectivity index is 2.03. The van der Waals surface area contributed by atoms with Gasteiger partial charge in [-0.15, -0.1) is 0 Å². The van der Waals surface area contributed by atoms with Crippen molar-refractivity contribution >= 4 is 5.69 Å². The molecule has 3 nitrogen and oxygen atoms in total. The van der Waals surface area contributed by atoms with E-state index in [1.54, 1.807) is 0 Å². The zero-order valence-corrected chi connectivity index (χ0v) is 13.3. The molecule has 0 amide bonds. The molecule has 3 heteroatoms. The summed E-state index contributed by atoms with van der Waals surface area (Å²) in [6.07, 6.45) is 2.26. The van der Waals surface area contributed by atoms with E-state index in [2.05, 4.69) is 56.2 Å². The maximum absolute atomic E-state index is 5.45. The lowest BCUT2D eigenvalue weighted by molar-refractivity contribution is 0.0855. The van der Waals surface area contributed by atoms with Gasteiger partial charge in [0.1, 0.15) is 0 Å². The Morgan fingerprint density at radius 2 is 2.00 bits per heavy atom. The van der Waals surface area contributed by atoms with Gasteiger partial charge in [-0.05, 0) is 43.0 Å². The lowest BCUT2D eigenvalue weighted by atomic mass is 10.0. The lowest BCUT2D eigenvalue weighted by Crippen LogP contribution is -2.36. The highest BCUT2D eigenvalue weighted by molar-refractivity contribution is 5.51. The third-order valence-electron chi connectivity index (χ3n) is 4.17. The molecule has 0 aliphatic carbocycles. The first-order chi connectivity index (χ1) is 9.58. The van der Waals surface area contributed by atoms with Crippen molar-refractivity contribution in [1.82, 2.24) is 5.32 Å². The molecule has 20 heavy (non-hydrogen) atoms. The first kappa shape index (κ1) is 15.3. The van der Waals surface area contributed by atoms with E-state index in [1.165, 1.54) is 16.8 Å². The normalized spacial score (nSPS) is 16.6. The summed E-state index contributed by atoms with van der Waals surface area (Å²) in [5.74, 6) is 0. The van der Waals surface area contributed by atoms with E-state index in [0.717, 1.165) is 32.6 Å². The molecule has 1 aliphatic rings. The van der Waals surface area contributed by atoms with Gasteiger partial charge in [0.25, 0.3) is 0 Å². The summed E-state index contributed by atoms with van der Waals surface area (Å²) in [5, 5.41) is 3.48. The van der Waals surface area contributed by atoms with Crippen LogP contribution in [0.4, 0.5) is 5.69 Å². The molecule has 0 atom stereocenters. The second kappa shape index (κ2) is 7.09. The van der Waals surface area contributed by atoms with Crippen LogP contribution in [0.2, 0.25) is 0 Å². The predicted molar refractivity (Wildman–Crippen MR) is 85.4 cm³/mol. The van der Waals surface area contributed by atoms with Crippen LogP contribution in [-0.2, 0) is 11.3 Å². The number of nitrogens with one attached hydrogen (secondary N) is 1. The van der Waals surface area contributed by atoms with Gasteiger partial charge in [-0.25, -0.2) is 0 Å². The van der Waals surface area contributed by atoms with Crippen LogP contribution in [0.25, 0.3) is 0 Å². The molecule has 0 spiro atoms. The van der Waals surface area contributed by atoms with Crippen molar-refractivity contribution in [2.45, 2.75) is 52.2 Å². The number of benzene rings is 1. The Bertz CT molecular complexity index is 425. The molecule has 1 aromatic rings. The van der Waals surface area contributed by atoms with Gasteiger partial charge in [0, 0.05) is 44.6 Å². The van der Waals surface area contributed by atoms with Gasteiger partial charge in [-0.1, -0.05) is 19.9 Å². The minimum absolute atomic E-state index is 0.527. The highest BCUT2D eigenvalue weighted by Crippen LogP contribution is 2.23. The fourth-order valence-electron chi connectivity index (χ4n) is 2.70. The van der Waals surface area contributed by atoms with Crippen LogP contribution in [0.5, 0.6) is 0 Å². The van der Waals surface area contributed by atoms with Crippen LogP contribution in [0, 0.1) is 6.92 Å². The molecule has 1 aliphatic heterocycles. The lowest BCUT2D eigenvalue weighted by Gasteiger charge is -2.33. The van der Waals surface area contributed by atoms with Crippen molar-refractivity contribution in [1.29, 1.82) is 0 Å². The monoisotopic (exact) mass is 276 g/mol. The topological polar surface area (TPSA) is 24.5 Å². The Morgan fingerprint density at radius 1 is 1.30 bits per heavy atom. The fourth-order valence-corrected chi connectivity index (χ4v) is 2.70. The third kappa shape index (κ3) is 3.97. The second-order valence-corrected chi connectivity index (χ2v) is 6.10. The molecule has 0 saturated carbocycles. The zero-order valence-electron chi connectivity index (χ0n) is 13.3. The summed E-state index contributed by atoms with van der Waals surface area (Å²) >= 11 is 0. The molecule has 1 fully saturated rings. The van der Waals surface area contributed by atoms with E-state index >= 15 is 0 Å². The molecule has 1 N–H and O–H groups in total. The predicted octanol–water partition coefficient (Wildman–Crippen LogP) is 3.11. The van der Waals surface area contributed by atoms with Crippen LogP contribution in [0.1, 0.15) is 37.8 Å². The highest BCUT2D eigenvalue weighted by Gasteiger charge is 2.19. The van der Waals surface area contributed by atoms with E-state index in [0.29, 0.717) is 12.1 Å². The Kier molecular flexibility index (Phi) is 5.44. The molecule has 1 aromatic carbocycles. The number of anilines is 1. The highest BCUT2D eigenvalue weighted by atomic mass is 16.5. The van der Waals surface area contributed by atoms with Gasteiger partial charge >= 0.3 is 0 Å². The van der Waals surface area contributed by atoms with Crippen molar-refractivity contribution in [2.24, 2.45) is 0 Å². The summed E-state index contributed by atoms with van der Waals surface area (Å²) in [6, 6.07) is 7.96. The van der Waals surface area contributed by atoms with E-state index in [9.17, 15) is 0 Å². The number of aryl methyl sites for hydroxylation is 1. The van der Waals surface area contributed by atoms with Crippen LogP contribution in [-0.4, -0.2) is 32.3 Å². The van der Waals surface area contributed by atoms with Crippen LogP contribution in [0.3, 0.4) is 0 Å². The summed E-state index contributed by atoms with van der Waals surface area (Å²) in [7, 11) is 2.21. The number of ether oxygens (including phenoxy) is 1. The molecular formula is C17H28N2O. The standard InChI is InChI=1S/C17H28N2O/c1-13(2)18-12-15-5-6-17(11-14(15)3)19(4)16-7-9-20-10-8-16/h5-6,11,13,16,18H,7-10,12H2,1-4H3. The molecule has 1 heterocycles. The average Bonchev–Trinajstić information content (AvgIpc) is 2.46. The van der Waals surface area contributed by atoms with Crippen LogP contribution >= 0.6 is 0 Å². The van der Waals surface area contributed by atoms with Gasteiger partial charge in [0.05, 0.1) is 0 Å². The molecule has 0 radical (unpaired) electrons. The molecule has 2 rings (SSSR count). The molecule has 112 valence electrons. The summed E-state index contributed by atoms with van der Waals surface area (Å²) in [6.45, 7) is 9.31. The van der Waals surface area contributed by atoms with Gasteiger partial charge in [-0.2, -0.15) is 0 Å². The largest absolute Gasteiger partial charge is 0.381 e. The Labute approximate surface area is 123 Å². The Morgan fingerprint density at radius 3 is 2.60 bits per heavy atom. The summed E-state index contributed by atoms with van der Waals surface area (Å²) in [5.41, 5.74) is 4.08. The molecule has 0 unspecified atom stereocenters. The minimum atomic E-state index is 0.527. The van der Waals surface area contributed by atoms with Crippen molar-refractivity contribution in [3.8, 4) is 0 Å². The van der Waals surface area contributed by atoms with Crippen LogP contribution < -0.4 is 10.2 Å². The first-order valence-corrected chi connectivity index (χ1v) is 7.71. The van der Waals surface area contributed by atoms with E-state index in [-0.39, 0.29) is 0 Å². The van der Waals surface area contributed by atoms with Crippen molar-refractivity contribution < 1.29 is 4.74 Å². The van der Waals surface area contributed by atoms with E-state index < -0.39 is 0 Å². The maximum atomic E-state index is 5.45. The molecular weight excluding hydrogens is 248 g/mol. The third-order valence-corrected chi connectivity index (χ3v) is 4.17. The van der Waals surface area contributed by atoms with Crippen molar-refractivity contribution in [3.05, 3.63) is 29.3 Å². The van der Waals surface area contributed by atoms with Gasteiger partial charge in [0.2, 0.25) is 0 Å². The van der Waals surface area contributed by atoms with Crippen molar-refractivity contribution in [2.75, 3.05) is 25.2 Å². The second-order valence-electron chi connectivity index (χ2n) is 6.10. The van der Waals surface area contributed by atoms with E-state index in [1.807, 2.05) is 0 Å². The SMILES string of the molecule is Cc1cc(N(C)C2CCOCC2)ccc1CNC(C)C. The number of nitrogens with zero attached hydrogens (tertiary/aromatic N) is 1. The van der Waals surface area contributed by atoms with Gasteiger partial charge in [0.15, 0.2) is 0 Å². The number of hydrogen-bond donors (Lipinski definition) is 1. The quantitative estimate of drug-likeness (QED) is 0.894. The van der Waals surface area contributed by atoms with E-state index in [4.69, 9.17) is 4.74 Å². The molecule has 0 aromatic heterocycles. The summed E-state index contributed by atoms with van der Waals surface area (Å²) < 4.78 is 5.45. The Hall–Kier alpha value is -1.06. The fraction of sp³-hybridized carbons (Fsp3) is 0.647. The first-order valence-electron chi connectivity index (χ1n) is 7.71. The minimum Gasteiger partial charge on any atom is -0.381 e.